The molecule has 4 atom stereocenters. The molecule has 1 saturated carbocycles. The summed E-state index contributed by atoms with van der Waals surface area (Å²) in [5.74, 6) is -0.558. The van der Waals surface area contributed by atoms with Gasteiger partial charge in [-0.25, -0.2) is 9.50 Å². The second kappa shape index (κ2) is 11.4. The van der Waals surface area contributed by atoms with Crippen LogP contribution >= 0.6 is 0 Å². The fourth-order valence-electron chi connectivity index (χ4n) is 5.49. The number of hydrogen-bond acceptors (Lipinski definition) is 10. The molecule has 0 unspecified atom stereocenters. The van der Waals surface area contributed by atoms with E-state index in [1.807, 2.05) is 6.07 Å². The second-order valence-corrected chi connectivity index (χ2v) is 10.1. The first-order valence-corrected chi connectivity index (χ1v) is 13.2. The van der Waals surface area contributed by atoms with E-state index in [-0.39, 0.29) is 36.9 Å². The molecule has 0 radical (unpaired) electrons. The van der Waals surface area contributed by atoms with E-state index >= 15 is 0 Å². The van der Waals surface area contributed by atoms with Gasteiger partial charge in [-0.3, -0.25) is 9.59 Å². The Morgan fingerprint density at radius 2 is 1.92 bits per heavy atom. The van der Waals surface area contributed by atoms with Crippen LogP contribution in [0.2, 0.25) is 0 Å². The fraction of sp³-hybridized carbons (Fsp3) is 0.464. The molecule has 5 rings (SSSR count). The molecule has 0 bridgehead atoms. The van der Waals surface area contributed by atoms with Crippen molar-refractivity contribution in [2.24, 2.45) is 5.92 Å². The number of ether oxygens (including phenoxy) is 3. The highest BCUT2D eigenvalue weighted by atomic mass is 16.6. The second-order valence-electron chi connectivity index (χ2n) is 10.1. The number of nitriles is 1. The third-order valence-electron chi connectivity index (χ3n) is 7.51. The standard InChI is InChI=1S/C28H31N5O6/c29-16-28(22-12-11-20-27(30)31-17-32-33(20)22)26(36)25(38-24(35)14-19-9-5-2-6-10-19)21(39-28)15-37-23(34)13-18-7-3-1-4-8-18/h2,5-6,9-12,17-18,21,25-26,36H,1,3-4,7-8,13-15H2,(H2,30,31,32)/t21-,25-,26-,28+/m1/s1. The number of nitrogens with zero attached hydrogens (tertiary/aromatic N) is 4. The van der Waals surface area contributed by atoms with Gasteiger partial charge < -0.3 is 25.1 Å². The molecule has 3 N–H and O–H groups in total. The van der Waals surface area contributed by atoms with Crippen molar-refractivity contribution in [1.29, 1.82) is 5.26 Å². The summed E-state index contributed by atoms with van der Waals surface area (Å²) in [5.41, 5.74) is 5.29. The molecule has 2 aliphatic rings. The molecule has 39 heavy (non-hydrogen) atoms. The van der Waals surface area contributed by atoms with Crippen LogP contribution in [-0.2, 0) is 35.8 Å². The lowest BCUT2D eigenvalue weighted by atomic mass is 9.87. The molecule has 0 spiro atoms. The van der Waals surface area contributed by atoms with Gasteiger partial charge >= 0.3 is 11.9 Å². The van der Waals surface area contributed by atoms with Gasteiger partial charge in [0.15, 0.2) is 11.9 Å². The molecule has 204 valence electrons. The number of rotatable bonds is 8. The van der Waals surface area contributed by atoms with E-state index in [4.69, 9.17) is 19.9 Å². The van der Waals surface area contributed by atoms with Gasteiger partial charge in [-0.15, -0.1) is 0 Å². The van der Waals surface area contributed by atoms with E-state index in [2.05, 4.69) is 16.2 Å². The molecule has 2 fully saturated rings. The first-order valence-electron chi connectivity index (χ1n) is 13.2. The summed E-state index contributed by atoms with van der Waals surface area (Å²) in [7, 11) is 0. The zero-order chi connectivity index (χ0) is 27.4. The number of esters is 2. The monoisotopic (exact) mass is 533 g/mol. The molecule has 1 aliphatic carbocycles. The molecule has 3 aromatic rings. The van der Waals surface area contributed by atoms with Crippen molar-refractivity contribution in [2.45, 2.75) is 68.9 Å². The van der Waals surface area contributed by atoms with Crippen LogP contribution in [-0.4, -0.2) is 56.6 Å². The SMILES string of the molecule is N#C[C@@]1(c2ccc3c(N)ncnn23)O[C@H](COC(=O)CC2CCCCC2)[C@@H](OC(=O)Cc2ccccc2)[C@H]1O. The lowest BCUT2D eigenvalue weighted by Gasteiger charge is -2.24. The average Bonchev–Trinajstić information content (AvgIpc) is 3.49. The van der Waals surface area contributed by atoms with Gasteiger partial charge in [-0.1, -0.05) is 49.6 Å². The van der Waals surface area contributed by atoms with E-state index < -0.39 is 35.9 Å². The number of benzene rings is 1. The van der Waals surface area contributed by atoms with Crippen molar-refractivity contribution in [3.8, 4) is 6.07 Å². The molecule has 1 aliphatic heterocycles. The summed E-state index contributed by atoms with van der Waals surface area (Å²) < 4.78 is 18.7. The van der Waals surface area contributed by atoms with Crippen LogP contribution in [0.15, 0.2) is 48.8 Å². The highest BCUT2D eigenvalue weighted by molar-refractivity contribution is 5.73. The van der Waals surface area contributed by atoms with Gasteiger partial charge in [0.25, 0.3) is 0 Å². The molecule has 1 saturated heterocycles. The molecular weight excluding hydrogens is 502 g/mol. The van der Waals surface area contributed by atoms with Crippen LogP contribution < -0.4 is 5.73 Å². The smallest absolute Gasteiger partial charge is 0.310 e. The molecular formula is C28H31N5O6. The average molecular weight is 534 g/mol. The maximum atomic E-state index is 12.9. The Labute approximate surface area is 225 Å². The number of aliphatic hydroxyl groups excluding tert-OH is 1. The molecule has 3 heterocycles. The number of nitrogens with two attached hydrogens (primary N) is 1. The van der Waals surface area contributed by atoms with Crippen LogP contribution in [0, 0.1) is 17.2 Å². The van der Waals surface area contributed by atoms with Crippen molar-refractivity contribution in [3.63, 3.8) is 0 Å². The lowest BCUT2D eigenvalue weighted by Crippen LogP contribution is -2.43. The summed E-state index contributed by atoms with van der Waals surface area (Å²) in [6.07, 6.45) is 2.81. The van der Waals surface area contributed by atoms with Gasteiger partial charge in [0.05, 0.1) is 12.1 Å². The zero-order valence-corrected chi connectivity index (χ0v) is 21.4. The van der Waals surface area contributed by atoms with Crippen LogP contribution in [0.3, 0.4) is 0 Å². The van der Waals surface area contributed by atoms with Crippen LogP contribution in [0.1, 0.15) is 49.8 Å². The predicted molar refractivity (Wildman–Crippen MR) is 138 cm³/mol. The number of carbonyl (C=O) groups is 2. The van der Waals surface area contributed by atoms with Gasteiger partial charge in [0.1, 0.15) is 36.7 Å². The number of aromatic nitrogens is 3. The Morgan fingerprint density at radius 1 is 1.15 bits per heavy atom. The minimum Gasteiger partial charge on any atom is -0.463 e. The summed E-state index contributed by atoms with van der Waals surface area (Å²) in [5, 5.41) is 25.9. The summed E-state index contributed by atoms with van der Waals surface area (Å²) in [4.78, 5) is 29.5. The van der Waals surface area contributed by atoms with Crippen LogP contribution in [0.25, 0.3) is 5.52 Å². The van der Waals surface area contributed by atoms with Gasteiger partial charge in [0.2, 0.25) is 5.60 Å². The van der Waals surface area contributed by atoms with E-state index in [0.29, 0.717) is 5.52 Å². The first-order chi connectivity index (χ1) is 18.9. The Kier molecular flexibility index (Phi) is 7.77. The normalized spacial score (nSPS) is 25.3. The number of aliphatic hydroxyl groups is 1. The Morgan fingerprint density at radius 3 is 2.67 bits per heavy atom. The topological polar surface area (TPSA) is 162 Å². The zero-order valence-electron chi connectivity index (χ0n) is 21.4. The van der Waals surface area contributed by atoms with Gasteiger partial charge in [-0.05, 0) is 36.5 Å². The highest BCUT2D eigenvalue weighted by Crippen LogP contribution is 2.42. The minimum atomic E-state index is -1.98. The van der Waals surface area contributed by atoms with Crippen LogP contribution in [0.4, 0.5) is 5.82 Å². The fourth-order valence-corrected chi connectivity index (χ4v) is 5.49. The molecule has 0 amide bonds. The molecule has 11 heteroatoms. The number of nitrogen functional groups attached to an aromatic ring is 1. The van der Waals surface area contributed by atoms with E-state index in [1.165, 1.54) is 17.3 Å². The maximum absolute atomic E-state index is 12.9. The highest BCUT2D eigenvalue weighted by Gasteiger charge is 2.60. The van der Waals surface area contributed by atoms with Crippen molar-refractivity contribution in [2.75, 3.05) is 12.3 Å². The van der Waals surface area contributed by atoms with Gasteiger partial charge in [-0.2, -0.15) is 10.4 Å². The molecule has 1 aromatic carbocycles. The Balaban J connectivity index is 1.39. The third kappa shape index (κ3) is 5.44. The summed E-state index contributed by atoms with van der Waals surface area (Å²) >= 11 is 0. The Bertz CT molecular complexity index is 1370. The van der Waals surface area contributed by atoms with Crippen molar-refractivity contribution >= 4 is 23.3 Å². The summed E-state index contributed by atoms with van der Waals surface area (Å²) in [6, 6.07) is 14.2. The number of carbonyl (C=O) groups excluding carboxylic acids is 2. The number of hydrogen-bond donors (Lipinski definition) is 2. The first kappa shape index (κ1) is 26.6. The third-order valence-corrected chi connectivity index (χ3v) is 7.51. The minimum absolute atomic E-state index is 0.0460. The van der Waals surface area contributed by atoms with Gasteiger partial charge in [0, 0.05) is 6.42 Å². The maximum Gasteiger partial charge on any atom is 0.310 e. The van der Waals surface area contributed by atoms with E-state index in [9.17, 15) is 20.0 Å². The number of anilines is 1. The predicted octanol–water partition coefficient (Wildman–Crippen LogP) is 2.46. The summed E-state index contributed by atoms with van der Waals surface area (Å²) in [6.45, 7) is -0.296. The quantitative estimate of drug-likeness (QED) is 0.411. The Hall–Kier alpha value is -4.01. The molecule has 11 nitrogen and oxygen atoms in total. The largest absolute Gasteiger partial charge is 0.463 e. The van der Waals surface area contributed by atoms with Crippen LogP contribution in [0.5, 0.6) is 0 Å². The van der Waals surface area contributed by atoms with Crippen molar-refractivity contribution in [1.82, 2.24) is 14.6 Å². The lowest BCUT2D eigenvalue weighted by molar-refractivity contribution is -0.160. The van der Waals surface area contributed by atoms with Crippen molar-refractivity contribution in [3.05, 3.63) is 60.0 Å². The van der Waals surface area contributed by atoms with E-state index in [0.717, 1.165) is 31.2 Å². The molecule has 2 aromatic heterocycles. The number of fused-ring (bicyclic) bond motifs is 1. The van der Waals surface area contributed by atoms with E-state index in [1.54, 1.807) is 36.4 Å². The van der Waals surface area contributed by atoms with Crippen molar-refractivity contribution < 1.29 is 28.9 Å².